The molecule has 262 valence electrons. The van der Waals surface area contributed by atoms with Gasteiger partial charge in [-0.05, 0) is 75.3 Å². The molecule has 10 nitrogen and oxygen atoms in total. The van der Waals surface area contributed by atoms with E-state index in [2.05, 4.69) is 22.2 Å². The maximum absolute atomic E-state index is 14.0. The SMILES string of the molecule is CN1CCC(N2CCN(C(=O)[C@H](CC(=O)N3CCC(N4Cc5cscc5NC4=O)CC3)Cc3cc(Cl)c(O)c(C(F)(F)F)c3)CC2)CC1. The third-order valence-electron chi connectivity index (χ3n) is 10.4. The van der Waals surface area contributed by atoms with E-state index >= 15 is 0 Å². The maximum atomic E-state index is 14.0. The zero-order valence-electron chi connectivity index (χ0n) is 27.0. The number of carbonyl (C=O) groups is 3. The molecule has 4 amide bonds. The lowest BCUT2D eigenvalue weighted by Gasteiger charge is -2.43. The van der Waals surface area contributed by atoms with Crippen molar-refractivity contribution in [1.29, 1.82) is 0 Å². The molecule has 15 heteroatoms. The summed E-state index contributed by atoms with van der Waals surface area (Å²) in [4.78, 5) is 50.4. The quantitative estimate of drug-likeness (QED) is 0.422. The van der Waals surface area contributed by atoms with Crippen molar-refractivity contribution in [2.45, 2.75) is 63.3 Å². The Balaban J connectivity index is 1.13. The van der Waals surface area contributed by atoms with Crippen molar-refractivity contribution >= 4 is 46.5 Å². The Kier molecular flexibility index (Phi) is 10.4. The van der Waals surface area contributed by atoms with Gasteiger partial charge in [0, 0.05) is 68.7 Å². The number of halogens is 4. The van der Waals surface area contributed by atoms with Gasteiger partial charge in [0.2, 0.25) is 11.8 Å². The number of rotatable bonds is 7. The Bertz CT molecular complexity index is 1500. The highest BCUT2D eigenvalue weighted by Gasteiger charge is 2.38. The van der Waals surface area contributed by atoms with E-state index in [1.807, 2.05) is 10.8 Å². The number of phenols is 1. The summed E-state index contributed by atoms with van der Waals surface area (Å²) in [7, 11) is 2.11. The number of aromatic hydroxyl groups is 1. The van der Waals surface area contributed by atoms with Crippen molar-refractivity contribution < 1.29 is 32.7 Å². The van der Waals surface area contributed by atoms with Crippen LogP contribution in [0.4, 0.5) is 23.7 Å². The average molecular weight is 711 g/mol. The summed E-state index contributed by atoms with van der Waals surface area (Å²) in [6, 6.07) is 2.32. The molecule has 0 bridgehead atoms. The topological polar surface area (TPSA) is 99.7 Å². The molecule has 3 fully saturated rings. The zero-order chi connectivity index (χ0) is 34.2. The molecule has 0 unspecified atom stereocenters. The molecule has 4 aliphatic rings. The number of piperazine rings is 1. The van der Waals surface area contributed by atoms with E-state index in [-0.39, 0.29) is 42.3 Å². The maximum Gasteiger partial charge on any atom is 0.420 e. The number of carbonyl (C=O) groups excluding carboxylic acids is 3. The minimum absolute atomic E-state index is 0.0414. The van der Waals surface area contributed by atoms with Crippen LogP contribution >= 0.6 is 22.9 Å². The Labute approximate surface area is 287 Å². The summed E-state index contributed by atoms with van der Waals surface area (Å²) in [6.45, 7) is 5.75. The monoisotopic (exact) mass is 710 g/mol. The van der Waals surface area contributed by atoms with E-state index in [0.717, 1.165) is 43.2 Å². The van der Waals surface area contributed by atoms with Crippen molar-refractivity contribution in [2.24, 2.45) is 5.92 Å². The average Bonchev–Trinajstić information content (AvgIpc) is 3.52. The van der Waals surface area contributed by atoms with Crippen LogP contribution in [0.3, 0.4) is 0 Å². The second kappa shape index (κ2) is 14.4. The number of likely N-dealkylation sites (tertiary alicyclic amines) is 2. The van der Waals surface area contributed by atoms with Gasteiger partial charge in [0.1, 0.15) is 5.75 Å². The van der Waals surface area contributed by atoms with Crippen LogP contribution in [0.2, 0.25) is 5.02 Å². The largest absolute Gasteiger partial charge is 0.506 e. The smallest absolute Gasteiger partial charge is 0.420 e. The highest BCUT2D eigenvalue weighted by molar-refractivity contribution is 7.08. The molecule has 0 spiro atoms. The van der Waals surface area contributed by atoms with Crippen LogP contribution in [0, 0.1) is 5.92 Å². The van der Waals surface area contributed by atoms with Crippen molar-refractivity contribution in [3.63, 3.8) is 0 Å². The van der Waals surface area contributed by atoms with E-state index in [4.69, 9.17) is 11.6 Å². The number of benzene rings is 1. The Morgan fingerprint density at radius 2 is 1.65 bits per heavy atom. The predicted molar refractivity (Wildman–Crippen MR) is 177 cm³/mol. The third kappa shape index (κ3) is 7.71. The van der Waals surface area contributed by atoms with Crippen LogP contribution in [0.1, 0.15) is 48.8 Å². The molecule has 1 aromatic heterocycles. The molecule has 2 N–H and O–H groups in total. The van der Waals surface area contributed by atoms with Crippen LogP contribution in [0.25, 0.3) is 0 Å². The van der Waals surface area contributed by atoms with Crippen LogP contribution in [-0.4, -0.2) is 119 Å². The number of hydrogen-bond donors (Lipinski definition) is 2. The standard InChI is InChI=1S/C33H42ClF3N6O4S/c1-39-6-2-24(3-7-39)40-10-12-42(13-11-40)31(46)22(14-21-15-26(33(35,36)37)30(45)27(34)16-21)17-29(44)41-8-4-25(5-9-41)43-18-23-19-48-20-28(23)38-32(43)47/h15-16,19-20,22,24-25,45H,2-14,17-18H2,1H3,(H,38,47)/t22-/m0/s1. The minimum atomic E-state index is -4.84. The fourth-order valence-corrected chi connectivity index (χ4v) is 8.53. The molecular weight excluding hydrogens is 669 g/mol. The van der Waals surface area contributed by atoms with Crippen LogP contribution in [0.15, 0.2) is 22.9 Å². The molecule has 0 aliphatic carbocycles. The Morgan fingerprint density at radius 1 is 0.979 bits per heavy atom. The number of nitrogens with zero attached hydrogens (tertiary/aromatic N) is 5. The number of amides is 4. The molecule has 1 aromatic carbocycles. The van der Waals surface area contributed by atoms with Crippen molar-refractivity contribution in [3.8, 4) is 5.75 Å². The van der Waals surface area contributed by atoms with Gasteiger partial charge in [0.15, 0.2) is 0 Å². The second-order valence-electron chi connectivity index (χ2n) is 13.5. The van der Waals surface area contributed by atoms with Crippen LogP contribution in [-0.2, 0) is 28.7 Å². The zero-order valence-corrected chi connectivity index (χ0v) is 28.5. The van der Waals surface area contributed by atoms with Gasteiger partial charge in [-0.1, -0.05) is 11.6 Å². The van der Waals surface area contributed by atoms with Gasteiger partial charge < -0.3 is 30.0 Å². The Hall–Kier alpha value is -3.07. The van der Waals surface area contributed by atoms with E-state index in [0.29, 0.717) is 64.7 Å². The normalized spacial score (nSPS) is 21.3. The fourth-order valence-electron chi connectivity index (χ4n) is 7.51. The number of piperidine rings is 2. The fraction of sp³-hybridized carbons (Fsp3) is 0.606. The van der Waals surface area contributed by atoms with Gasteiger partial charge in [-0.2, -0.15) is 13.2 Å². The lowest BCUT2D eigenvalue weighted by atomic mass is 9.92. The molecular formula is C33H42ClF3N6O4S. The first kappa shape index (κ1) is 34.8. The number of hydrogen-bond acceptors (Lipinski definition) is 7. The highest BCUT2D eigenvalue weighted by Crippen LogP contribution is 2.41. The lowest BCUT2D eigenvalue weighted by molar-refractivity contribution is -0.143. The number of anilines is 1. The number of fused-ring (bicyclic) bond motifs is 1. The van der Waals surface area contributed by atoms with Crippen molar-refractivity contribution in [3.05, 3.63) is 44.6 Å². The summed E-state index contributed by atoms with van der Waals surface area (Å²) < 4.78 is 41.2. The van der Waals surface area contributed by atoms with Gasteiger partial charge in [-0.15, -0.1) is 11.3 Å². The molecule has 0 saturated carbocycles. The highest BCUT2D eigenvalue weighted by atomic mass is 35.5. The third-order valence-corrected chi connectivity index (χ3v) is 11.4. The summed E-state index contributed by atoms with van der Waals surface area (Å²) >= 11 is 7.55. The molecule has 48 heavy (non-hydrogen) atoms. The minimum Gasteiger partial charge on any atom is -0.506 e. The number of urea groups is 1. The summed E-state index contributed by atoms with van der Waals surface area (Å²) in [6.07, 6.45) is -1.84. The van der Waals surface area contributed by atoms with Gasteiger partial charge in [0.25, 0.3) is 0 Å². The first-order valence-corrected chi connectivity index (χ1v) is 17.9. The van der Waals surface area contributed by atoms with Crippen molar-refractivity contribution in [2.75, 3.05) is 64.7 Å². The molecule has 4 aliphatic heterocycles. The lowest BCUT2D eigenvalue weighted by Crippen LogP contribution is -2.55. The molecule has 2 aromatic rings. The number of alkyl halides is 3. The number of nitrogens with one attached hydrogen (secondary N) is 1. The van der Waals surface area contributed by atoms with Crippen LogP contribution < -0.4 is 5.32 Å². The first-order chi connectivity index (χ1) is 22.9. The molecule has 3 saturated heterocycles. The molecule has 1 atom stereocenters. The molecule has 6 rings (SSSR count). The van der Waals surface area contributed by atoms with E-state index in [1.54, 1.807) is 14.7 Å². The van der Waals surface area contributed by atoms with Gasteiger partial charge in [-0.3, -0.25) is 14.5 Å². The number of phenolic OH excluding ortho intramolecular Hbond substituents is 1. The first-order valence-electron chi connectivity index (χ1n) is 16.6. The van der Waals surface area contributed by atoms with Gasteiger partial charge in [-0.25, -0.2) is 4.79 Å². The number of thiophene rings is 1. The van der Waals surface area contributed by atoms with E-state index in [1.165, 1.54) is 17.4 Å². The summed E-state index contributed by atoms with van der Waals surface area (Å²) in [5.41, 5.74) is 0.760. The second-order valence-corrected chi connectivity index (χ2v) is 14.6. The van der Waals surface area contributed by atoms with Gasteiger partial charge in [0.05, 0.1) is 28.7 Å². The molecule has 5 heterocycles. The molecule has 0 radical (unpaired) electrons. The van der Waals surface area contributed by atoms with Crippen molar-refractivity contribution in [1.82, 2.24) is 24.5 Å². The predicted octanol–water partition coefficient (Wildman–Crippen LogP) is 4.95. The van der Waals surface area contributed by atoms with E-state index in [9.17, 15) is 32.7 Å². The van der Waals surface area contributed by atoms with Crippen LogP contribution in [0.5, 0.6) is 5.75 Å². The van der Waals surface area contributed by atoms with Gasteiger partial charge >= 0.3 is 12.2 Å². The van der Waals surface area contributed by atoms with E-state index < -0.39 is 28.4 Å². The summed E-state index contributed by atoms with van der Waals surface area (Å²) in [5, 5.41) is 16.4. The Morgan fingerprint density at radius 3 is 2.31 bits per heavy atom. The summed E-state index contributed by atoms with van der Waals surface area (Å²) in [5.74, 6) is -2.48.